The van der Waals surface area contributed by atoms with Crippen molar-refractivity contribution in [3.05, 3.63) is 72.9 Å². The molecule has 3 rings (SSSR count). The first kappa shape index (κ1) is 12.2. The van der Waals surface area contributed by atoms with Crippen LogP contribution in [-0.2, 0) is 9.59 Å². The third kappa shape index (κ3) is 2.07. The van der Waals surface area contributed by atoms with Crippen LogP contribution in [0.15, 0.2) is 72.9 Å². The summed E-state index contributed by atoms with van der Waals surface area (Å²) in [5.41, 5.74) is 1.62. The molecule has 0 saturated heterocycles. The zero-order valence-corrected chi connectivity index (χ0v) is 10.6. The molecule has 0 spiro atoms. The zero-order chi connectivity index (χ0) is 13.9. The van der Waals surface area contributed by atoms with Crippen LogP contribution >= 0.6 is 0 Å². The summed E-state index contributed by atoms with van der Waals surface area (Å²) in [6, 6.07) is 18.9. The quantitative estimate of drug-likeness (QED) is 0.800. The maximum absolute atomic E-state index is 12.0. The summed E-state index contributed by atoms with van der Waals surface area (Å²) in [5.74, 6) is -1.07. The van der Waals surface area contributed by atoms with Crippen molar-refractivity contribution in [3.63, 3.8) is 0 Å². The van der Waals surface area contributed by atoms with E-state index in [-0.39, 0.29) is 0 Å². The number of amides is 1. The second-order valence-electron chi connectivity index (χ2n) is 4.31. The first-order valence-corrected chi connectivity index (χ1v) is 6.23. The number of nitrogens with zero attached hydrogens (tertiary/aromatic N) is 2. The summed E-state index contributed by atoms with van der Waals surface area (Å²) in [4.78, 5) is 23.4. The topological polar surface area (TPSA) is 40.6 Å². The van der Waals surface area contributed by atoms with Crippen molar-refractivity contribution in [2.75, 3.05) is 5.01 Å². The second kappa shape index (κ2) is 5.01. The molecule has 0 aliphatic carbocycles. The number of hydrogen-bond donors (Lipinski definition) is 0. The third-order valence-electron chi connectivity index (χ3n) is 3.00. The van der Waals surface area contributed by atoms with Gasteiger partial charge in [-0.1, -0.05) is 36.4 Å². The molecule has 0 N–H and O–H groups in total. The molecule has 1 aliphatic rings. The van der Waals surface area contributed by atoms with Gasteiger partial charge in [0, 0.05) is 12.3 Å². The molecule has 98 valence electrons. The molecule has 0 atom stereocenters. The Morgan fingerprint density at radius 3 is 1.65 bits per heavy atom. The SMILES string of the molecule is O=C1C=CN(N(c2ccccc2)c2ccccc2)C1=O. The summed E-state index contributed by atoms with van der Waals surface area (Å²) < 4.78 is 0. The number of rotatable bonds is 3. The minimum Gasteiger partial charge on any atom is -0.284 e. The van der Waals surface area contributed by atoms with Gasteiger partial charge < -0.3 is 0 Å². The molecule has 2 aromatic carbocycles. The maximum atomic E-state index is 12.0. The monoisotopic (exact) mass is 264 g/mol. The van der Waals surface area contributed by atoms with Crippen molar-refractivity contribution in [3.8, 4) is 0 Å². The average molecular weight is 264 g/mol. The van der Waals surface area contributed by atoms with E-state index in [1.54, 1.807) is 5.01 Å². The lowest BCUT2D eigenvalue weighted by atomic mass is 10.2. The van der Waals surface area contributed by atoms with Crippen LogP contribution in [0.2, 0.25) is 0 Å². The number of carbonyl (C=O) groups is 2. The standard InChI is InChI=1S/C16H12N2O2/c19-15-11-12-17(16(15)20)18(13-7-3-1-4-8-13)14-9-5-2-6-10-14/h1-12H. The highest BCUT2D eigenvalue weighted by atomic mass is 16.2. The van der Waals surface area contributed by atoms with E-state index in [1.165, 1.54) is 17.3 Å². The van der Waals surface area contributed by atoms with Crippen molar-refractivity contribution >= 4 is 23.1 Å². The number of benzene rings is 2. The van der Waals surface area contributed by atoms with E-state index in [2.05, 4.69) is 0 Å². The predicted octanol–water partition coefficient (Wildman–Crippen LogP) is 2.66. The van der Waals surface area contributed by atoms with Gasteiger partial charge in [-0.3, -0.25) is 9.59 Å². The van der Waals surface area contributed by atoms with Gasteiger partial charge in [0.25, 0.3) is 0 Å². The molecule has 2 aromatic rings. The Morgan fingerprint density at radius 2 is 1.25 bits per heavy atom. The molecule has 0 saturated carbocycles. The van der Waals surface area contributed by atoms with Gasteiger partial charge in [0.15, 0.2) is 0 Å². The first-order valence-electron chi connectivity index (χ1n) is 6.23. The van der Waals surface area contributed by atoms with Crippen LogP contribution in [0.4, 0.5) is 11.4 Å². The summed E-state index contributed by atoms with van der Waals surface area (Å²) in [5, 5.41) is 3.04. The third-order valence-corrected chi connectivity index (χ3v) is 3.00. The van der Waals surface area contributed by atoms with E-state index < -0.39 is 11.7 Å². The lowest BCUT2D eigenvalue weighted by molar-refractivity contribution is -0.139. The number of carbonyl (C=O) groups excluding carboxylic acids is 2. The molecule has 0 bridgehead atoms. The van der Waals surface area contributed by atoms with Gasteiger partial charge in [-0.15, -0.1) is 0 Å². The lowest BCUT2D eigenvalue weighted by Crippen LogP contribution is -2.39. The fraction of sp³-hybridized carbons (Fsp3) is 0. The van der Waals surface area contributed by atoms with E-state index in [4.69, 9.17) is 0 Å². The summed E-state index contributed by atoms with van der Waals surface area (Å²) in [6.45, 7) is 0. The van der Waals surface area contributed by atoms with Crippen LogP contribution in [0.5, 0.6) is 0 Å². The Balaban J connectivity index is 2.08. The minimum absolute atomic E-state index is 0.512. The fourth-order valence-corrected chi connectivity index (χ4v) is 2.08. The van der Waals surface area contributed by atoms with Crippen LogP contribution in [0.1, 0.15) is 0 Å². The zero-order valence-electron chi connectivity index (χ0n) is 10.6. The molecular weight excluding hydrogens is 252 g/mol. The molecular formula is C16H12N2O2. The fourth-order valence-electron chi connectivity index (χ4n) is 2.08. The van der Waals surface area contributed by atoms with E-state index in [1.807, 2.05) is 60.7 Å². The summed E-state index contributed by atoms with van der Waals surface area (Å²) >= 11 is 0. The number of hydrogen-bond acceptors (Lipinski definition) is 3. The van der Waals surface area contributed by atoms with Crippen LogP contribution in [0.25, 0.3) is 0 Å². The highest BCUT2D eigenvalue weighted by Crippen LogP contribution is 2.28. The largest absolute Gasteiger partial charge is 0.317 e. The maximum Gasteiger partial charge on any atom is 0.317 e. The minimum atomic E-state index is -0.558. The van der Waals surface area contributed by atoms with Crippen LogP contribution in [-0.4, -0.2) is 16.7 Å². The molecule has 0 aromatic heterocycles. The van der Waals surface area contributed by atoms with Gasteiger partial charge in [0.05, 0.1) is 11.4 Å². The van der Waals surface area contributed by atoms with Crippen molar-refractivity contribution in [2.45, 2.75) is 0 Å². The molecule has 1 heterocycles. The molecule has 0 radical (unpaired) electrons. The molecule has 0 unspecified atom stereocenters. The van der Waals surface area contributed by atoms with Gasteiger partial charge in [0.2, 0.25) is 5.78 Å². The molecule has 1 amide bonds. The first-order chi connectivity index (χ1) is 9.77. The Kier molecular flexibility index (Phi) is 3.05. The molecule has 0 fully saturated rings. The van der Waals surface area contributed by atoms with Crippen LogP contribution in [0.3, 0.4) is 0 Å². The van der Waals surface area contributed by atoms with Crippen molar-refractivity contribution in [1.82, 2.24) is 5.01 Å². The second-order valence-corrected chi connectivity index (χ2v) is 4.31. The Bertz CT molecular complexity index is 626. The van der Waals surface area contributed by atoms with E-state index >= 15 is 0 Å². The van der Waals surface area contributed by atoms with Crippen molar-refractivity contribution < 1.29 is 9.59 Å². The van der Waals surface area contributed by atoms with Gasteiger partial charge in [0.1, 0.15) is 0 Å². The van der Waals surface area contributed by atoms with Crippen LogP contribution < -0.4 is 5.01 Å². The lowest BCUT2D eigenvalue weighted by Gasteiger charge is -2.31. The van der Waals surface area contributed by atoms with Crippen molar-refractivity contribution in [2.24, 2.45) is 0 Å². The number of para-hydroxylation sites is 2. The van der Waals surface area contributed by atoms with Gasteiger partial charge in [-0.05, 0) is 24.3 Å². The van der Waals surface area contributed by atoms with Gasteiger partial charge in [-0.25, -0.2) is 10.0 Å². The van der Waals surface area contributed by atoms with Crippen LogP contribution in [0, 0.1) is 0 Å². The van der Waals surface area contributed by atoms with Gasteiger partial charge in [-0.2, -0.15) is 0 Å². The molecule has 4 nitrogen and oxygen atoms in total. The summed E-state index contributed by atoms with van der Waals surface area (Å²) in [6.07, 6.45) is 2.77. The van der Waals surface area contributed by atoms with E-state index in [9.17, 15) is 9.59 Å². The van der Waals surface area contributed by atoms with Crippen molar-refractivity contribution in [1.29, 1.82) is 0 Å². The molecule has 1 aliphatic heterocycles. The summed E-state index contributed by atoms with van der Waals surface area (Å²) in [7, 11) is 0. The predicted molar refractivity (Wildman–Crippen MR) is 76.0 cm³/mol. The Morgan fingerprint density at radius 1 is 0.750 bits per heavy atom. The Hall–Kier alpha value is -2.88. The number of ketones is 1. The molecule has 20 heavy (non-hydrogen) atoms. The van der Waals surface area contributed by atoms with E-state index in [0.717, 1.165) is 11.4 Å². The average Bonchev–Trinajstić information content (AvgIpc) is 2.82. The highest BCUT2D eigenvalue weighted by molar-refractivity contribution is 6.43. The van der Waals surface area contributed by atoms with E-state index in [0.29, 0.717) is 0 Å². The highest BCUT2D eigenvalue weighted by Gasteiger charge is 2.30. The number of anilines is 2. The van der Waals surface area contributed by atoms with Gasteiger partial charge >= 0.3 is 5.91 Å². The Labute approximate surface area is 116 Å². The number of hydrazine groups is 1. The normalized spacial score (nSPS) is 13.9. The smallest absolute Gasteiger partial charge is 0.284 e. The molecule has 4 heteroatoms.